The second-order valence-corrected chi connectivity index (χ2v) is 8.50. The third-order valence-corrected chi connectivity index (χ3v) is 4.65. The molecule has 0 saturated carbocycles. The first kappa shape index (κ1) is 49.2. The second kappa shape index (κ2) is 23.0. The first-order chi connectivity index (χ1) is 14.4. The minimum atomic E-state index is -5.30. The summed E-state index contributed by atoms with van der Waals surface area (Å²) >= 11 is 0. The van der Waals surface area contributed by atoms with Gasteiger partial charge in [0.1, 0.15) is 48.8 Å². The predicted molar refractivity (Wildman–Crippen MR) is 86.1 cm³/mol. The number of aliphatic hydroxyl groups is 8. The van der Waals surface area contributed by atoms with Gasteiger partial charge in [0, 0.05) is 0 Å². The summed E-state index contributed by atoms with van der Waals surface area (Å²) in [6.45, 7) is -1.94. The van der Waals surface area contributed by atoms with Gasteiger partial charge in [0.25, 0.3) is 0 Å². The van der Waals surface area contributed by atoms with E-state index in [1.165, 1.54) is 0 Å². The maximum Gasteiger partial charge on any atom is 1.00 e. The topological polar surface area (TPSA) is 333 Å². The molecule has 192 valence electrons. The molecule has 0 radical (unpaired) electrons. The summed E-state index contributed by atoms with van der Waals surface area (Å²) in [6.07, 6.45) is -16.4. The summed E-state index contributed by atoms with van der Waals surface area (Å²) in [5, 5.41) is 72.5. The Morgan fingerprint density at radius 3 is 1.61 bits per heavy atom. The van der Waals surface area contributed by atoms with Crippen LogP contribution < -0.4 is 138 Å². The van der Waals surface area contributed by atoms with Gasteiger partial charge in [-0.15, -0.1) is 0 Å². The monoisotopic (exact) mass is 608 g/mol. The molecule has 9 atom stereocenters. The summed E-state index contributed by atoms with van der Waals surface area (Å²) < 4.78 is 32.2. The molecule has 1 saturated heterocycles. The van der Waals surface area contributed by atoms with E-state index < -0.39 is 84.0 Å². The zero-order valence-corrected chi connectivity index (χ0v) is 29.5. The summed E-state index contributed by atoms with van der Waals surface area (Å²) in [5.74, 6) is 0. The molecule has 8 N–H and O–H groups in total. The Morgan fingerprint density at radius 1 is 0.778 bits per heavy atom. The number of aldehydes is 1. The average Bonchev–Trinajstić information content (AvgIpc) is 2.69. The van der Waals surface area contributed by atoms with Crippen LogP contribution in [0.3, 0.4) is 0 Å². The van der Waals surface area contributed by atoms with E-state index in [-0.39, 0.29) is 125 Å². The Balaban J connectivity index is -0.000000160. The third kappa shape index (κ3) is 20.4. The van der Waals surface area contributed by atoms with E-state index in [1.54, 1.807) is 0 Å². The van der Waals surface area contributed by atoms with Crippen molar-refractivity contribution in [1.29, 1.82) is 0 Å². The van der Waals surface area contributed by atoms with E-state index in [0.29, 0.717) is 0 Å². The number of rotatable bonds is 10. The van der Waals surface area contributed by atoms with Crippen molar-refractivity contribution in [2.75, 3.05) is 13.2 Å². The van der Waals surface area contributed by atoms with Crippen LogP contribution in [0.15, 0.2) is 0 Å². The molecule has 1 heterocycles. The molecule has 1 unspecified atom stereocenters. The van der Waals surface area contributed by atoms with Crippen LogP contribution in [0.25, 0.3) is 0 Å². The Labute approximate surface area is 293 Å². The molecule has 0 aromatic heterocycles. The number of phosphoric acid groups is 2. The number of hydrogen-bond donors (Lipinski definition) is 8. The smallest absolute Gasteiger partial charge is 0.790 e. The molecule has 0 spiro atoms. The Kier molecular flexibility index (Phi) is 31.5. The Morgan fingerprint density at radius 2 is 1.22 bits per heavy atom. The minimum absolute atomic E-state index is 0. The van der Waals surface area contributed by atoms with E-state index in [9.17, 15) is 43.7 Å². The van der Waals surface area contributed by atoms with Crippen LogP contribution in [0, 0.1) is 0 Å². The van der Waals surface area contributed by atoms with Crippen molar-refractivity contribution >= 4 is 21.9 Å². The molecule has 1 aliphatic heterocycles. The van der Waals surface area contributed by atoms with Crippen LogP contribution in [-0.2, 0) is 27.7 Å². The van der Waals surface area contributed by atoms with Gasteiger partial charge in [-0.25, -0.2) is 0 Å². The zero-order valence-electron chi connectivity index (χ0n) is 19.7. The predicted octanol–water partition coefficient (Wildman–Crippen LogP) is -20.9. The first-order valence-electron chi connectivity index (χ1n) is 8.29. The quantitative estimate of drug-likeness (QED) is 0.0648. The number of carbonyl (C=O) groups is 1. The summed E-state index contributed by atoms with van der Waals surface area (Å²) in [5.41, 5.74) is 0. The van der Waals surface area contributed by atoms with Gasteiger partial charge in [-0.1, -0.05) is 0 Å². The van der Waals surface area contributed by atoms with Gasteiger partial charge < -0.3 is 88.1 Å². The maximum absolute atomic E-state index is 10.1. The molecule has 0 aromatic carbocycles. The standard InChI is InChI=1S/2C6H13O9P.4Na/c7-3-2(1-14-16(11,12)13)15-6(10)5(9)4(3)8;7-1-3(8)5(10)6(11)4(9)2-15-16(12,13)14;;;;/h2-10H,1H2,(H2,11,12,13);1,3-6,8-11H,2H2,(H2,12,13,14);;;;/q;;4*+1/p-4/t2-,3+,4+,5+,6?;3-,4-,5-,6-;;;;/m11..../s1. The molecule has 0 aliphatic carbocycles. The van der Waals surface area contributed by atoms with Crippen molar-refractivity contribution in [2.45, 2.75) is 55.1 Å². The SMILES string of the molecule is O=C[C@@H](O)[C@@H](O)[C@H](O)[C@H](O)COP(=O)([O-])[O-].O=P([O-])([O-])OC[C@H]1OC(O)[C@@H](O)[C@@H](O)[C@H]1O.[Na+].[Na+].[Na+].[Na+]. The van der Waals surface area contributed by atoms with Gasteiger partial charge >= 0.3 is 118 Å². The molecule has 0 amide bonds. The van der Waals surface area contributed by atoms with Crippen molar-refractivity contribution in [1.82, 2.24) is 0 Å². The van der Waals surface area contributed by atoms with Gasteiger partial charge in [0.05, 0.1) is 28.9 Å². The molecule has 1 rings (SSSR count). The van der Waals surface area contributed by atoms with Crippen molar-refractivity contribution < 1.29 is 206 Å². The number of ether oxygens (including phenoxy) is 1. The molecule has 24 heteroatoms. The van der Waals surface area contributed by atoms with Gasteiger partial charge in [-0.3, -0.25) is 0 Å². The van der Waals surface area contributed by atoms with Crippen molar-refractivity contribution in [2.24, 2.45) is 0 Å². The Hall–Kier alpha value is 3.53. The minimum Gasteiger partial charge on any atom is -0.790 e. The van der Waals surface area contributed by atoms with Crippen molar-refractivity contribution in [3.8, 4) is 0 Å². The number of phosphoric ester groups is 2. The molecular weight excluding hydrogens is 586 g/mol. The van der Waals surface area contributed by atoms with E-state index in [0.717, 1.165) is 0 Å². The maximum atomic E-state index is 10.1. The third-order valence-electron chi connectivity index (χ3n) is 3.72. The number of hydrogen-bond acceptors (Lipinski definition) is 18. The Bertz CT molecular complexity index is 668. The van der Waals surface area contributed by atoms with Crippen LogP contribution in [0.1, 0.15) is 0 Å². The van der Waals surface area contributed by atoms with Crippen LogP contribution in [0.4, 0.5) is 0 Å². The van der Waals surface area contributed by atoms with Gasteiger partial charge in [-0.2, -0.15) is 0 Å². The van der Waals surface area contributed by atoms with Gasteiger partial charge in [-0.05, 0) is 0 Å². The first-order valence-corrected chi connectivity index (χ1v) is 11.2. The summed E-state index contributed by atoms with van der Waals surface area (Å²) in [4.78, 5) is 50.3. The molecule has 1 aliphatic rings. The normalized spacial score (nSPS) is 27.1. The van der Waals surface area contributed by atoms with Crippen LogP contribution in [0.2, 0.25) is 0 Å². The summed E-state index contributed by atoms with van der Waals surface area (Å²) in [7, 11) is -10.5. The van der Waals surface area contributed by atoms with E-state index in [4.69, 9.17) is 30.6 Å². The molecular formula is C12H22Na4O18P2. The fraction of sp³-hybridized carbons (Fsp3) is 0.917. The molecule has 0 aromatic rings. The van der Waals surface area contributed by atoms with Crippen molar-refractivity contribution in [3.05, 3.63) is 0 Å². The second-order valence-electron chi connectivity index (χ2n) is 6.20. The molecule has 18 nitrogen and oxygen atoms in total. The molecule has 0 bridgehead atoms. The largest absolute Gasteiger partial charge is 1.00 e. The fourth-order valence-corrected chi connectivity index (χ4v) is 2.67. The molecule has 36 heavy (non-hydrogen) atoms. The fourth-order valence-electron chi connectivity index (χ4n) is 2.01. The van der Waals surface area contributed by atoms with E-state index >= 15 is 0 Å². The van der Waals surface area contributed by atoms with Crippen molar-refractivity contribution in [3.63, 3.8) is 0 Å². The van der Waals surface area contributed by atoms with E-state index in [1.807, 2.05) is 0 Å². The van der Waals surface area contributed by atoms with E-state index in [2.05, 4.69) is 13.8 Å². The van der Waals surface area contributed by atoms with Crippen LogP contribution in [0.5, 0.6) is 0 Å². The van der Waals surface area contributed by atoms with Gasteiger partial charge in [0.2, 0.25) is 0 Å². The van der Waals surface area contributed by atoms with Crippen LogP contribution in [-0.4, -0.2) is 115 Å². The molecule has 1 fully saturated rings. The average molecular weight is 608 g/mol. The summed E-state index contributed by atoms with van der Waals surface area (Å²) in [6, 6.07) is 0. The van der Waals surface area contributed by atoms with Gasteiger partial charge in [0.15, 0.2) is 12.6 Å². The zero-order chi connectivity index (χ0) is 25.4. The van der Waals surface area contributed by atoms with Crippen LogP contribution >= 0.6 is 15.6 Å². The number of carbonyl (C=O) groups excluding carboxylic acids is 1. The number of aliphatic hydroxyl groups excluding tert-OH is 8.